The topological polar surface area (TPSA) is 115 Å². The predicted molar refractivity (Wildman–Crippen MR) is 193 cm³/mol. The fraction of sp³-hybridized carbons (Fsp3) is 0.103. The number of hydrogen-bond donors (Lipinski definition) is 3. The highest BCUT2D eigenvalue weighted by Gasteiger charge is 2.23. The Morgan fingerprint density at radius 1 is 0.653 bits per heavy atom. The molecule has 10 heteroatoms. The summed E-state index contributed by atoms with van der Waals surface area (Å²) in [6, 6.07) is 37.9. The molecule has 0 fully saturated rings. The zero-order chi connectivity index (χ0) is 34.6. The molecular weight excluding hydrogens is 639 g/mol. The van der Waals surface area contributed by atoms with E-state index in [2.05, 4.69) is 16.0 Å². The number of ether oxygens (including phenoxy) is 3. The molecule has 0 spiro atoms. The number of benzene rings is 5. The number of rotatable bonds is 13. The van der Waals surface area contributed by atoms with Gasteiger partial charge in [-0.3, -0.25) is 14.4 Å². The molecule has 0 heterocycles. The van der Waals surface area contributed by atoms with Crippen LogP contribution in [0.4, 0.5) is 11.4 Å². The minimum atomic E-state index is -0.576. The van der Waals surface area contributed by atoms with E-state index in [9.17, 15) is 14.4 Å². The van der Waals surface area contributed by atoms with E-state index >= 15 is 0 Å². The maximum absolute atomic E-state index is 13.8. The summed E-state index contributed by atoms with van der Waals surface area (Å²) in [4.78, 5) is 41.3. The van der Waals surface area contributed by atoms with Gasteiger partial charge in [-0.15, -0.1) is 11.8 Å². The van der Waals surface area contributed by atoms with Crippen molar-refractivity contribution in [1.29, 1.82) is 0 Å². The Kier molecular flexibility index (Phi) is 11.7. The minimum Gasteiger partial charge on any atom is -0.493 e. The average Bonchev–Trinajstić information content (AvgIpc) is 3.14. The van der Waals surface area contributed by atoms with Crippen LogP contribution in [-0.2, 0) is 9.59 Å². The third-order valence-electron chi connectivity index (χ3n) is 7.25. The fourth-order valence-corrected chi connectivity index (χ4v) is 5.99. The highest BCUT2D eigenvalue weighted by Crippen LogP contribution is 2.39. The van der Waals surface area contributed by atoms with Crippen molar-refractivity contribution in [2.24, 2.45) is 0 Å². The second kappa shape index (κ2) is 16.7. The lowest BCUT2D eigenvalue weighted by atomic mass is 10.1. The molecule has 0 aromatic heterocycles. The molecule has 0 radical (unpaired) electrons. The zero-order valence-electron chi connectivity index (χ0n) is 27.1. The van der Waals surface area contributed by atoms with E-state index in [1.54, 1.807) is 60.7 Å². The number of para-hydroxylation sites is 1. The van der Waals surface area contributed by atoms with Gasteiger partial charge in [-0.2, -0.15) is 0 Å². The first kappa shape index (κ1) is 34.3. The van der Waals surface area contributed by atoms with Gasteiger partial charge in [0.25, 0.3) is 11.8 Å². The number of carbonyl (C=O) groups excluding carboxylic acids is 3. The van der Waals surface area contributed by atoms with Crippen LogP contribution in [-0.4, -0.2) is 39.1 Å². The first-order valence-corrected chi connectivity index (χ1v) is 16.1. The van der Waals surface area contributed by atoms with Crippen molar-refractivity contribution < 1.29 is 28.6 Å². The molecule has 49 heavy (non-hydrogen) atoms. The van der Waals surface area contributed by atoms with E-state index < -0.39 is 17.1 Å². The van der Waals surface area contributed by atoms with E-state index in [4.69, 9.17) is 14.2 Å². The summed E-state index contributed by atoms with van der Waals surface area (Å²) in [5.74, 6) is -0.0546. The molecule has 0 aliphatic heterocycles. The summed E-state index contributed by atoms with van der Waals surface area (Å²) >= 11 is 1.35. The minimum absolute atomic E-state index is 0.0226. The van der Waals surface area contributed by atoms with Gasteiger partial charge in [0.05, 0.1) is 21.3 Å². The summed E-state index contributed by atoms with van der Waals surface area (Å²) in [6.07, 6.45) is 1.53. The SMILES string of the molecule is COc1cc(/C=C(/NC(=O)c2ccccc2)C(=O)Nc2cccc(SC(C(=O)Nc3ccccc3)c3ccccc3)c2)cc(OC)c1OC. The monoisotopic (exact) mass is 673 g/mol. The number of hydrogen-bond acceptors (Lipinski definition) is 7. The van der Waals surface area contributed by atoms with Gasteiger partial charge in [0.1, 0.15) is 10.9 Å². The Bertz CT molecular complexity index is 1910. The number of carbonyl (C=O) groups is 3. The standard InChI is InChI=1S/C39H35N3O6S/c1-46-33-23-26(24-34(47-2)35(33)48-3)22-32(42-37(43)28-16-9-5-10-17-28)38(44)41-30-20-13-21-31(25-30)49-36(27-14-7-4-8-15-27)39(45)40-29-18-11-6-12-19-29/h4-25,36H,1-3H3,(H,40,45)(H,41,44)(H,42,43)/b32-22+. The largest absolute Gasteiger partial charge is 0.493 e. The summed E-state index contributed by atoms with van der Waals surface area (Å²) in [5, 5.41) is 8.07. The maximum Gasteiger partial charge on any atom is 0.272 e. The Balaban J connectivity index is 1.43. The lowest BCUT2D eigenvalue weighted by Gasteiger charge is -2.18. The molecule has 1 atom stereocenters. The molecule has 5 aromatic rings. The molecule has 248 valence electrons. The Hall–Kier alpha value is -6.00. The number of thioether (sulfide) groups is 1. The van der Waals surface area contributed by atoms with Crippen LogP contribution >= 0.6 is 11.8 Å². The molecule has 9 nitrogen and oxygen atoms in total. The van der Waals surface area contributed by atoms with Gasteiger partial charge in [0.15, 0.2) is 11.5 Å². The molecular formula is C39H35N3O6S. The lowest BCUT2D eigenvalue weighted by Crippen LogP contribution is -2.30. The van der Waals surface area contributed by atoms with Crippen molar-refractivity contribution in [1.82, 2.24) is 5.32 Å². The number of methoxy groups -OCH3 is 3. The highest BCUT2D eigenvalue weighted by molar-refractivity contribution is 8.00. The molecule has 3 amide bonds. The average molecular weight is 674 g/mol. The molecule has 0 aliphatic carbocycles. The first-order valence-electron chi connectivity index (χ1n) is 15.3. The van der Waals surface area contributed by atoms with Crippen molar-refractivity contribution >= 4 is 46.9 Å². The van der Waals surface area contributed by atoms with E-state index in [1.807, 2.05) is 66.7 Å². The third kappa shape index (κ3) is 9.09. The molecule has 5 aromatic carbocycles. The van der Waals surface area contributed by atoms with Crippen molar-refractivity contribution in [3.05, 3.63) is 150 Å². The summed E-state index contributed by atoms with van der Waals surface area (Å²) < 4.78 is 16.4. The van der Waals surface area contributed by atoms with Gasteiger partial charge in [-0.25, -0.2) is 0 Å². The van der Waals surface area contributed by atoms with Crippen LogP contribution in [0.5, 0.6) is 17.2 Å². The van der Waals surface area contributed by atoms with Gasteiger partial charge < -0.3 is 30.2 Å². The van der Waals surface area contributed by atoms with E-state index in [-0.39, 0.29) is 11.6 Å². The quantitative estimate of drug-likeness (QED) is 0.0872. The van der Waals surface area contributed by atoms with Crippen LogP contribution < -0.4 is 30.2 Å². The van der Waals surface area contributed by atoms with Gasteiger partial charge in [0, 0.05) is 21.8 Å². The van der Waals surface area contributed by atoms with E-state index in [0.717, 1.165) is 10.5 Å². The van der Waals surface area contributed by atoms with Crippen LogP contribution in [0.2, 0.25) is 0 Å². The van der Waals surface area contributed by atoms with Gasteiger partial charge in [0.2, 0.25) is 11.7 Å². The Labute approximate surface area is 289 Å². The second-order valence-corrected chi connectivity index (χ2v) is 11.8. The Morgan fingerprint density at radius 2 is 1.24 bits per heavy atom. The molecule has 0 saturated heterocycles. The van der Waals surface area contributed by atoms with Crippen LogP contribution in [0.25, 0.3) is 6.08 Å². The van der Waals surface area contributed by atoms with Crippen molar-refractivity contribution in [3.8, 4) is 17.2 Å². The summed E-state index contributed by atoms with van der Waals surface area (Å²) in [5.41, 5.74) is 2.87. The molecule has 5 rings (SSSR count). The molecule has 0 aliphatic rings. The Morgan fingerprint density at radius 3 is 1.86 bits per heavy atom. The maximum atomic E-state index is 13.8. The normalized spacial score (nSPS) is 11.5. The van der Waals surface area contributed by atoms with Crippen LogP contribution in [0.3, 0.4) is 0 Å². The molecule has 1 unspecified atom stereocenters. The van der Waals surface area contributed by atoms with Crippen molar-refractivity contribution in [2.45, 2.75) is 10.1 Å². The predicted octanol–water partition coefficient (Wildman–Crippen LogP) is 7.59. The van der Waals surface area contributed by atoms with E-state index in [0.29, 0.717) is 39.8 Å². The highest BCUT2D eigenvalue weighted by atomic mass is 32.2. The number of anilines is 2. The van der Waals surface area contributed by atoms with Gasteiger partial charge >= 0.3 is 0 Å². The van der Waals surface area contributed by atoms with E-state index in [1.165, 1.54) is 39.2 Å². The third-order valence-corrected chi connectivity index (χ3v) is 8.50. The summed E-state index contributed by atoms with van der Waals surface area (Å²) in [6.45, 7) is 0. The number of nitrogens with one attached hydrogen (secondary N) is 3. The van der Waals surface area contributed by atoms with Gasteiger partial charge in [-0.05, 0) is 71.8 Å². The molecule has 0 bridgehead atoms. The van der Waals surface area contributed by atoms with Crippen LogP contribution in [0.15, 0.2) is 138 Å². The van der Waals surface area contributed by atoms with Crippen molar-refractivity contribution in [3.63, 3.8) is 0 Å². The first-order chi connectivity index (χ1) is 23.9. The number of amides is 3. The zero-order valence-corrected chi connectivity index (χ0v) is 28.0. The second-order valence-electron chi connectivity index (χ2n) is 10.6. The van der Waals surface area contributed by atoms with Gasteiger partial charge in [-0.1, -0.05) is 72.8 Å². The molecule has 0 saturated carbocycles. The van der Waals surface area contributed by atoms with Crippen molar-refractivity contribution in [2.75, 3.05) is 32.0 Å². The lowest BCUT2D eigenvalue weighted by molar-refractivity contribution is -0.116. The fourth-order valence-electron chi connectivity index (χ4n) is 4.91. The molecule has 3 N–H and O–H groups in total. The van der Waals surface area contributed by atoms with Crippen LogP contribution in [0.1, 0.15) is 26.7 Å². The summed E-state index contributed by atoms with van der Waals surface area (Å²) in [7, 11) is 4.49. The smallest absolute Gasteiger partial charge is 0.272 e. The van der Waals surface area contributed by atoms with Crippen LogP contribution in [0, 0.1) is 0 Å².